The Balaban J connectivity index is 1.44. The summed E-state index contributed by atoms with van der Waals surface area (Å²) in [4.78, 5) is 19.4. The van der Waals surface area contributed by atoms with Gasteiger partial charge in [-0.05, 0) is 80.2 Å². The molecule has 1 aliphatic heterocycles. The van der Waals surface area contributed by atoms with Crippen LogP contribution in [0, 0.1) is 5.92 Å². The number of aliphatic hydroxyl groups is 1. The molecule has 8 heteroatoms. The number of benzene rings is 3. The van der Waals surface area contributed by atoms with E-state index in [1.807, 2.05) is 13.0 Å². The van der Waals surface area contributed by atoms with Gasteiger partial charge < -0.3 is 14.7 Å². The van der Waals surface area contributed by atoms with Crippen molar-refractivity contribution in [2.75, 3.05) is 26.2 Å². The van der Waals surface area contributed by atoms with Crippen LogP contribution in [0.5, 0.6) is 11.5 Å². The number of unbranched alkanes of at least 4 members (excludes halogenated alkanes) is 1. The largest absolute Gasteiger partial charge is 0.457 e. The summed E-state index contributed by atoms with van der Waals surface area (Å²) in [6.45, 7) is 4.78. The first-order valence-corrected chi connectivity index (χ1v) is 11.6. The minimum atomic E-state index is -4.40. The molecule has 1 aliphatic rings. The number of aliphatic hydroxyl groups excluding tert-OH is 1. The van der Waals surface area contributed by atoms with Gasteiger partial charge in [-0.25, -0.2) is 4.99 Å². The molecule has 1 heterocycles. The van der Waals surface area contributed by atoms with E-state index in [0.717, 1.165) is 61.1 Å². The van der Waals surface area contributed by atoms with Gasteiger partial charge in [0, 0.05) is 42.3 Å². The van der Waals surface area contributed by atoms with Crippen molar-refractivity contribution < 1.29 is 27.8 Å². The number of fused-ring (bicyclic) bond motifs is 1. The van der Waals surface area contributed by atoms with Crippen molar-refractivity contribution in [2.45, 2.75) is 25.9 Å². The molecule has 0 saturated carbocycles. The molecule has 1 saturated heterocycles. The van der Waals surface area contributed by atoms with Gasteiger partial charge in [-0.3, -0.25) is 4.79 Å². The van der Waals surface area contributed by atoms with E-state index in [0.29, 0.717) is 11.3 Å². The van der Waals surface area contributed by atoms with Crippen LogP contribution in [0.25, 0.3) is 10.8 Å². The summed E-state index contributed by atoms with van der Waals surface area (Å²) in [5.74, 6) is 0.725. The van der Waals surface area contributed by atoms with Crippen LogP contribution < -0.4 is 4.74 Å². The predicted octanol–water partition coefficient (Wildman–Crippen LogP) is 5.96. The van der Waals surface area contributed by atoms with Crippen LogP contribution in [0.2, 0.25) is 0 Å². The maximum Gasteiger partial charge on any atom is 0.416 e. The number of hydrogen-bond donors (Lipinski definition) is 1. The minimum Gasteiger partial charge on any atom is -0.457 e. The molecule has 1 amide bonds. The molecule has 0 spiro atoms. The summed E-state index contributed by atoms with van der Waals surface area (Å²) in [6.07, 6.45) is -2.65. The van der Waals surface area contributed by atoms with Crippen molar-refractivity contribution >= 4 is 22.4 Å². The summed E-state index contributed by atoms with van der Waals surface area (Å²) in [5, 5.41) is 10.4. The second kappa shape index (κ2) is 10.6. The fraction of sp³-hybridized carbons (Fsp3) is 0.333. The molecule has 0 unspecified atom stereocenters. The van der Waals surface area contributed by atoms with E-state index in [1.165, 1.54) is 12.1 Å². The Morgan fingerprint density at radius 1 is 1.09 bits per heavy atom. The third kappa shape index (κ3) is 6.07. The molecule has 3 aromatic rings. The van der Waals surface area contributed by atoms with Crippen LogP contribution >= 0.6 is 0 Å². The number of halogens is 3. The normalized spacial score (nSPS) is 15.3. The highest BCUT2D eigenvalue weighted by Gasteiger charge is 2.30. The van der Waals surface area contributed by atoms with Crippen molar-refractivity contribution in [2.24, 2.45) is 10.9 Å². The quantitative estimate of drug-likeness (QED) is 0.317. The predicted molar refractivity (Wildman–Crippen MR) is 129 cm³/mol. The minimum absolute atomic E-state index is 0.209. The molecule has 5 nitrogen and oxygen atoms in total. The lowest BCUT2D eigenvalue weighted by Gasteiger charge is -2.39. The lowest BCUT2D eigenvalue weighted by molar-refractivity contribution is -0.137. The molecule has 4 rings (SSSR count). The number of amides is 1. The summed E-state index contributed by atoms with van der Waals surface area (Å²) in [5.41, 5.74) is 0.536. The average molecular weight is 485 g/mol. The lowest BCUT2D eigenvalue weighted by Crippen LogP contribution is -2.50. The number of alkyl halides is 3. The second-order valence-corrected chi connectivity index (χ2v) is 8.76. The number of ether oxygens (including phenoxy) is 1. The highest BCUT2D eigenvalue weighted by atomic mass is 19.4. The van der Waals surface area contributed by atoms with E-state index in [4.69, 9.17) is 9.84 Å². The molecule has 184 valence electrons. The molecule has 1 fully saturated rings. The summed E-state index contributed by atoms with van der Waals surface area (Å²) in [6, 6.07) is 15.1. The zero-order chi connectivity index (χ0) is 25.0. The molecule has 0 atom stereocenters. The highest BCUT2D eigenvalue weighted by molar-refractivity contribution is 6.06. The van der Waals surface area contributed by atoms with Crippen molar-refractivity contribution in [3.63, 3.8) is 0 Å². The van der Waals surface area contributed by atoms with Crippen molar-refractivity contribution in [1.29, 1.82) is 0 Å². The van der Waals surface area contributed by atoms with Gasteiger partial charge in [0.25, 0.3) is 5.91 Å². The Morgan fingerprint density at radius 2 is 1.83 bits per heavy atom. The van der Waals surface area contributed by atoms with E-state index in [1.54, 1.807) is 30.3 Å². The number of hydrogen-bond acceptors (Lipinski definition) is 4. The number of aliphatic imine (C=N–C) groups is 1. The zero-order valence-corrected chi connectivity index (χ0v) is 19.4. The van der Waals surface area contributed by atoms with Crippen LogP contribution in [0.4, 0.5) is 13.2 Å². The standard InChI is InChI=1S/C27H27F3N2O3/c1-18(21-16-32(17-21)13-2-3-14-33)31-26(34)20-7-12-24-19(15-20)5-4-6-25(24)35-23-10-8-22(9-11-23)27(28,29)30/h4-12,15,21,33H,2-3,13-14,16-17H2,1H3. The van der Waals surface area contributed by atoms with Crippen LogP contribution in [0.15, 0.2) is 65.7 Å². The first kappa shape index (κ1) is 24.9. The van der Waals surface area contributed by atoms with E-state index < -0.39 is 11.7 Å². The van der Waals surface area contributed by atoms with Gasteiger partial charge in [0.15, 0.2) is 0 Å². The van der Waals surface area contributed by atoms with Crippen molar-refractivity contribution in [1.82, 2.24) is 4.90 Å². The van der Waals surface area contributed by atoms with Crippen molar-refractivity contribution in [3.8, 4) is 11.5 Å². The molecule has 35 heavy (non-hydrogen) atoms. The zero-order valence-electron chi connectivity index (χ0n) is 19.4. The molecular weight excluding hydrogens is 457 g/mol. The summed E-state index contributed by atoms with van der Waals surface area (Å²) in [7, 11) is 0. The Kier molecular flexibility index (Phi) is 7.52. The third-order valence-corrected chi connectivity index (χ3v) is 6.21. The number of carbonyl (C=O) groups excluding carboxylic acids is 1. The van der Waals surface area contributed by atoms with Gasteiger partial charge in [-0.15, -0.1) is 0 Å². The van der Waals surface area contributed by atoms with Crippen LogP contribution in [0.1, 0.15) is 35.7 Å². The van der Waals surface area contributed by atoms with Gasteiger partial charge >= 0.3 is 6.18 Å². The van der Waals surface area contributed by atoms with Crippen LogP contribution in [-0.4, -0.2) is 47.9 Å². The topological polar surface area (TPSA) is 62.1 Å². The maximum absolute atomic E-state index is 12.8. The van der Waals surface area contributed by atoms with E-state index >= 15 is 0 Å². The van der Waals surface area contributed by atoms with Gasteiger partial charge in [0.1, 0.15) is 11.5 Å². The molecule has 0 aromatic heterocycles. The Labute approximate surface area is 201 Å². The average Bonchev–Trinajstić information content (AvgIpc) is 2.80. The Hall–Kier alpha value is -3.23. The summed E-state index contributed by atoms with van der Waals surface area (Å²) < 4.78 is 44.2. The molecule has 1 N–H and O–H groups in total. The van der Waals surface area contributed by atoms with Gasteiger partial charge in [0.2, 0.25) is 0 Å². The van der Waals surface area contributed by atoms with Crippen LogP contribution in [-0.2, 0) is 6.18 Å². The molecule has 0 aliphatic carbocycles. The fourth-order valence-corrected chi connectivity index (χ4v) is 4.09. The van der Waals surface area contributed by atoms with Gasteiger partial charge in [0.05, 0.1) is 5.56 Å². The SMILES string of the molecule is CC(=NC(=O)c1ccc2c(Oc3ccc(C(F)(F)F)cc3)cccc2c1)C1CN(CCCCO)C1. The third-order valence-electron chi connectivity index (χ3n) is 6.21. The van der Waals surface area contributed by atoms with E-state index in [-0.39, 0.29) is 24.2 Å². The van der Waals surface area contributed by atoms with Crippen molar-refractivity contribution in [3.05, 3.63) is 71.8 Å². The van der Waals surface area contributed by atoms with Gasteiger partial charge in [-0.1, -0.05) is 12.1 Å². The van der Waals surface area contributed by atoms with E-state index in [2.05, 4.69) is 9.89 Å². The fourth-order valence-electron chi connectivity index (χ4n) is 4.09. The maximum atomic E-state index is 12.8. The molecule has 0 bridgehead atoms. The second-order valence-electron chi connectivity index (χ2n) is 8.76. The number of likely N-dealkylation sites (tertiary alicyclic amines) is 1. The number of rotatable bonds is 8. The first-order valence-electron chi connectivity index (χ1n) is 11.6. The smallest absolute Gasteiger partial charge is 0.416 e. The molecular formula is C27H27F3N2O3. The van der Waals surface area contributed by atoms with Gasteiger partial charge in [-0.2, -0.15) is 13.2 Å². The van der Waals surface area contributed by atoms with E-state index in [9.17, 15) is 18.0 Å². The first-order chi connectivity index (χ1) is 16.7. The number of carbonyl (C=O) groups is 1. The Bertz CT molecular complexity index is 1220. The Morgan fingerprint density at radius 3 is 2.51 bits per heavy atom. The lowest BCUT2D eigenvalue weighted by atomic mass is 9.95. The molecule has 3 aromatic carbocycles. The highest BCUT2D eigenvalue weighted by Crippen LogP contribution is 2.34. The summed E-state index contributed by atoms with van der Waals surface area (Å²) >= 11 is 0. The molecule has 0 radical (unpaired) electrons. The van der Waals surface area contributed by atoms with Crippen LogP contribution in [0.3, 0.4) is 0 Å². The monoisotopic (exact) mass is 484 g/mol. The number of nitrogens with zero attached hydrogens (tertiary/aromatic N) is 2.